The summed E-state index contributed by atoms with van der Waals surface area (Å²) in [5.41, 5.74) is 5.10. The third kappa shape index (κ3) is 2.74. The summed E-state index contributed by atoms with van der Waals surface area (Å²) in [5, 5.41) is 0. The highest BCUT2D eigenvalue weighted by molar-refractivity contribution is 5.09. The Labute approximate surface area is 54.9 Å². The quantitative estimate of drug-likeness (QED) is 0.577. The van der Waals surface area contributed by atoms with Crippen LogP contribution in [0.3, 0.4) is 0 Å². The summed E-state index contributed by atoms with van der Waals surface area (Å²) in [4.78, 5) is 3.63. The number of oxazole rings is 1. The Morgan fingerprint density at radius 2 is 2.11 bits per heavy atom. The average molecular weight is 128 g/mol. The molecule has 0 aliphatic carbocycles. The minimum atomic E-state index is 0.234. The molecule has 1 rings (SSSR count). The van der Waals surface area contributed by atoms with Gasteiger partial charge in [-0.2, -0.15) is 0 Å². The van der Waals surface area contributed by atoms with Crippen molar-refractivity contribution in [3.8, 4) is 0 Å². The molecule has 0 unspecified atom stereocenters. The van der Waals surface area contributed by atoms with Gasteiger partial charge in [-0.3, -0.25) is 0 Å². The highest BCUT2D eigenvalue weighted by Crippen LogP contribution is 1.99. The lowest BCUT2D eigenvalue weighted by Gasteiger charge is -1.73. The summed E-state index contributed by atoms with van der Waals surface area (Å²) in [6.07, 6.45) is 1.58. The Morgan fingerprint density at radius 3 is 2.22 bits per heavy atom. The van der Waals surface area contributed by atoms with Gasteiger partial charge in [0.25, 0.3) is 6.01 Å². The van der Waals surface area contributed by atoms with E-state index in [9.17, 15) is 0 Å². The molecule has 1 aromatic rings. The van der Waals surface area contributed by atoms with Gasteiger partial charge in [0, 0.05) is 0 Å². The van der Waals surface area contributed by atoms with Crippen LogP contribution in [-0.4, -0.2) is 4.98 Å². The fourth-order valence-electron chi connectivity index (χ4n) is 0.372. The van der Waals surface area contributed by atoms with E-state index in [4.69, 9.17) is 10.2 Å². The Hall–Kier alpha value is -0.990. The van der Waals surface area contributed by atoms with Crippen LogP contribution in [-0.2, 0) is 0 Å². The Kier molecular flexibility index (Phi) is 3.51. The van der Waals surface area contributed by atoms with E-state index in [0.717, 1.165) is 5.76 Å². The first-order chi connectivity index (χ1) is 4.29. The van der Waals surface area contributed by atoms with E-state index >= 15 is 0 Å². The lowest BCUT2D eigenvalue weighted by molar-refractivity contribution is 0.548. The lowest BCUT2D eigenvalue weighted by atomic mass is 10.6. The fourth-order valence-corrected chi connectivity index (χ4v) is 0.372. The van der Waals surface area contributed by atoms with Crippen LogP contribution in [0.25, 0.3) is 0 Å². The lowest BCUT2D eigenvalue weighted by Crippen LogP contribution is -1.79. The maximum Gasteiger partial charge on any atom is 0.292 e. The molecule has 0 amide bonds. The standard InChI is InChI=1S/C4H6N2O.C2H6/c1-3-2-6-4(5)7-3;1-2/h2H,1H3,(H2,5,6);1-2H3. The van der Waals surface area contributed by atoms with Crippen LogP contribution >= 0.6 is 0 Å². The second-order valence-corrected chi connectivity index (χ2v) is 1.31. The molecule has 0 aliphatic heterocycles. The van der Waals surface area contributed by atoms with Gasteiger partial charge in [0.1, 0.15) is 5.76 Å². The maximum atomic E-state index is 5.10. The molecule has 0 spiro atoms. The molecule has 0 aromatic carbocycles. The first-order valence-electron chi connectivity index (χ1n) is 2.97. The molecule has 0 aliphatic rings. The highest BCUT2D eigenvalue weighted by atomic mass is 16.4. The molecule has 52 valence electrons. The van der Waals surface area contributed by atoms with E-state index in [1.54, 1.807) is 13.1 Å². The SMILES string of the molecule is CC.Cc1cnc(N)o1. The van der Waals surface area contributed by atoms with Gasteiger partial charge < -0.3 is 10.2 Å². The fraction of sp³-hybridized carbons (Fsp3) is 0.500. The van der Waals surface area contributed by atoms with Crippen molar-refractivity contribution in [1.82, 2.24) is 4.98 Å². The molecule has 0 bridgehead atoms. The van der Waals surface area contributed by atoms with Crippen molar-refractivity contribution in [1.29, 1.82) is 0 Å². The molecule has 0 saturated carbocycles. The maximum absolute atomic E-state index is 5.10. The van der Waals surface area contributed by atoms with Gasteiger partial charge in [-0.05, 0) is 6.92 Å². The molecule has 0 saturated heterocycles. The van der Waals surface area contributed by atoms with Crippen LogP contribution in [0.5, 0.6) is 0 Å². The Morgan fingerprint density at radius 1 is 1.56 bits per heavy atom. The van der Waals surface area contributed by atoms with Gasteiger partial charge in [-0.1, -0.05) is 13.8 Å². The summed E-state index contributed by atoms with van der Waals surface area (Å²) in [6, 6.07) is 0.234. The number of aryl methyl sites for hydroxylation is 1. The summed E-state index contributed by atoms with van der Waals surface area (Å²) in [6.45, 7) is 5.80. The second kappa shape index (κ2) is 3.95. The molecule has 0 atom stereocenters. The van der Waals surface area contributed by atoms with E-state index in [1.807, 2.05) is 13.8 Å². The van der Waals surface area contributed by atoms with E-state index in [1.165, 1.54) is 0 Å². The van der Waals surface area contributed by atoms with Crippen LogP contribution in [0.15, 0.2) is 10.6 Å². The van der Waals surface area contributed by atoms with E-state index in [-0.39, 0.29) is 6.01 Å². The molecule has 2 N–H and O–H groups in total. The molecule has 3 nitrogen and oxygen atoms in total. The van der Waals surface area contributed by atoms with Crippen LogP contribution in [0.1, 0.15) is 19.6 Å². The van der Waals surface area contributed by atoms with Gasteiger partial charge in [0.05, 0.1) is 6.20 Å². The zero-order valence-corrected chi connectivity index (χ0v) is 6.01. The molecular formula is C6H12N2O. The van der Waals surface area contributed by atoms with E-state index in [0.29, 0.717) is 0 Å². The Bertz CT molecular complexity index is 143. The minimum Gasteiger partial charge on any atom is -0.429 e. The molecule has 0 fully saturated rings. The molecule has 1 aromatic heterocycles. The summed E-state index contributed by atoms with van der Waals surface area (Å²) >= 11 is 0. The van der Waals surface area contributed by atoms with E-state index in [2.05, 4.69) is 4.98 Å². The molecule has 9 heavy (non-hydrogen) atoms. The van der Waals surface area contributed by atoms with Crippen molar-refractivity contribution < 1.29 is 4.42 Å². The zero-order chi connectivity index (χ0) is 7.28. The first-order valence-corrected chi connectivity index (χ1v) is 2.97. The van der Waals surface area contributed by atoms with Crippen molar-refractivity contribution >= 4 is 6.01 Å². The minimum absolute atomic E-state index is 0.234. The monoisotopic (exact) mass is 128 g/mol. The number of rotatable bonds is 0. The summed E-state index contributed by atoms with van der Waals surface area (Å²) < 4.78 is 4.75. The van der Waals surface area contributed by atoms with Crippen LogP contribution in [0, 0.1) is 6.92 Å². The summed E-state index contributed by atoms with van der Waals surface area (Å²) in [7, 11) is 0. The number of hydrogen-bond donors (Lipinski definition) is 1. The number of nitrogens with zero attached hydrogens (tertiary/aromatic N) is 1. The van der Waals surface area contributed by atoms with Crippen molar-refractivity contribution in [2.75, 3.05) is 5.73 Å². The largest absolute Gasteiger partial charge is 0.429 e. The van der Waals surface area contributed by atoms with Gasteiger partial charge in [0.15, 0.2) is 0 Å². The van der Waals surface area contributed by atoms with Crippen molar-refractivity contribution in [3.63, 3.8) is 0 Å². The predicted octanol–water partition coefficient (Wildman–Crippen LogP) is 1.59. The number of nitrogen functional groups attached to an aromatic ring is 1. The Balaban J connectivity index is 0.000000291. The number of nitrogens with two attached hydrogens (primary N) is 1. The summed E-state index contributed by atoms with van der Waals surface area (Å²) in [5.74, 6) is 0.748. The topological polar surface area (TPSA) is 52.0 Å². The zero-order valence-electron chi connectivity index (χ0n) is 6.01. The van der Waals surface area contributed by atoms with Crippen LogP contribution in [0.2, 0.25) is 0 Å². The van der Waals surface area contributed by atoms with Crippen molar-refractivity contribution in [3.05, 3.63) is 12.0 Å². The molecule has 0 radical (unpaired) electrons. The van der Waals surface area contributed by atoms with E-state index < -0.39 is 0 Å². The normalized spacial score (nSPS) is 7.89. The molecule has 3 heteroatoms. The van der Waals surface area contributed by atoms with Crippen molar-refractivity contribution in [2.45, 2.75) is 20.8 Å². The molecular weight excluding hydrogens is 116 g/mol. The average Bonchev–Trinajstić information content (AvgIpc) is 2.20. The predicted molar refractivity (Wildman–Crippen MR) is 37.0 cm³/mol. The number of anilines is 1. The third-order valence-corrected chi connectivity index (χ3v) is 0.639. The highest BCUT2D eigenvalue weighted by Gasteiger charge is 1.88. The van der Waals surface area contributed by atoms with Crippen LogP contribution in [0.4, 0.5) is 6.01 Å². The first kappa shape index (κ1) is 8.01. The van der Waals surface area contributed by atoms with Gasteiger partial charge in [-0.25, -0.2) is 4.98 Å². The van der Waals surface area contributed by atoms with Crippen LogP contribution < -0.4 is 5.73 Å². The van der Waals surface area contributed by atoms with Crippen molar-refractivity contribution in [2.24, 2.45) is 0 Å². The third-order valence-electron chi connectivity index (χ3n) is 0.639. The second-order valence-electron chi connectivity index (χ2n) is 1.31. The van der Waals surface area contributed by atoms with Gasteiger partial charge in [0.2, 0.25) is 0 Å². The van der Waals surface area contributed by atoms with Gasteiger partial charge in [-0.15, -0.1) is 0 Å². The number of hydrogen-bond acceptors (Lipinski definition) is 3. The van der Waals surface area contributed by atoms with Gasteiger partial charge >= 0.3 is 0 Å². The molecule has 1 heterocycles. The smallest absolute Gasteiger partial charge is 0.292 e. The number of aromatic nitrogens is 1.